The number of nitrogens with two attached hydrogens (primary N) is 2. The van der Waals surface area contributed by atoms with Gasteiger partial charge in [-0.2, -0.15) is 0 Å². The van der Waals surface area contributed by atoms with Gasteiger partial charge in [0, 0.05) is 28.2 Å². The van der Waals surface area contributed by atoms with E-state index in [1.54, 1.807) is 28.2 Å². The van der Waals surface area contributed by atoms with Crippen molar-refractivity contribution in [2.75, 3.05) is 28.2 Å². The molecule has 0 spiro atoms. The maximum absolute atomic E-state index is 10.8. The van der Waals surface area contributed by atoms with Crippen LogP contribution in [0.5, 0.6) is 0 Å². The third-order valence-electron chi connectivity index (χ3n) is 2.35. The Balaban J connectivity index is 0.000000260. The molecule has 0 aromatic carbocycles. The quantitative estimate of drug-likeness (QED) is 0.414. The van der Waals surface area contributed by atoms with E-state index in [9.17, 15) is 9.59 Å². The van der Waals surface area contributed by atoms with E-state index in [1.165, 1.54) is 22.7 Å². The van der Waals surface area contributed by atoms with Crippen molar-refractivity contribution in [2.24, 2.45) is 32.1 Å². The van der Waals surface area contributed by atoms with E-state index in [2.05, 4.69) is 40.6 Å². The highest BCUT2D eigenvalue weighted by atomic mass is 16.1. The van der Waals surface area contributed by atoms with E-state index in [1.807, 2.05) is 0 Å². The van der Waals surface area contributed by atoms with Crippen LogP contribution in [0.3, 0.4) is 0 Å². The number of imidazole rings is 2. The lowest BCUT2D eigenvalue weighted by atomic mass is 10.4. The number of carbonyl (C=O) groups excluding carboxylic acids is 2. The Labute approximate surface area is 148 Å². The lowest BCUT2D eigenvalue weighted by Crippen LogP contribution is -2.11. The van der Waals surface area contributed by atoms with Crippen LogP contribution >= 0.6 is 0 Å². The molecule has 0 aliphatic carbocycles. The molecule has 2 rings (SSSR count). The second kappa shape index (κ2) is 9.45. The van der Waals surface area contributed by atoms with Gasteiger partial charge in [-0.05, 0) is 0 Å². The summed E-state index contributed by atoms with van der Waals surface area (Å²) in [6, 6.07) is 0. The predicted octanol–water partition coefficient (Wildman–Crippen LogP) is 0.138. The number of carbonyl (C=O) groups is 2. The van der Waals surface area contributed by atoms with Gasteiger partial charge in [-0.3, -0.25) is 19.6 Å². The molecule has 2 heterocycles. The molecule has 14 heteroatoms. The number of hydrogen-bond acceptors (Lipinski definition) is 8. The van der Waals surface area contributed by atoms with Crippen LogP contribution in [0.2, 0.25) is 0 Å². The minimum Gasteiger partial charge on any atom is -0.364 e. The van der Waals surface area contributed by atoms with Crippen molar-refractivity contribution in [2.45, 2.75) is 0 Å². The molecule has 2 aromatic heterocycles. The summed E-state index contributed by atoms with van der Waals surface area (Å²) in [5.41, 5.74) is 10.2. The number of amides is 2. The molecular formula is C12H20N12O2. The zero-order valence-electron chi connectivity index (χ0n) is 14.7. The van der Waals surface area contributed by atoms with E-state index >= 15 is 0 Å². The van der Waals surface area contributed by atoms with Crippen molar-refractivity contribution in [1.82, 2.24) is 30.0 Å². The highest BCUT2D eigenvalue weighted by molar-refractivity contribution is 5.95. The number of H-pyrrole nitrogens is 2. The smallest absolute Gasteiger partial charge is 0.271 e. The van der Waals surface area contributed by atoms with Gasteiger partial charge in [-0.1, -0.05) is 10.4 Å². The predicted molar refractivity (Wildman–Crippen MR) is 90.6 cm³/mol. The van der Waals surface area contributed by atoms with Gasteiger partial charge < -0.3 is 21.4 Å². The van der Waals surface area contributed by atoms with Crippen LogP contribution in [-0.2, 0) is 0 Å². The van der Waals surface area contributed by atoms with Gasteiger partial charge in [0.25, 0.3) is 11.8 Å². The third kappa shape index (κ3) is 6.34. The van der Waals surface area contributed by atoms with E-state index in [0.29, 0.717) is 0 Å². The summed E-state index contributed by atoms with van der Waals surface area (Å²) in [7, 11) is 6.85. The van der Waals surface area contributed by atoms with Gasteiger partial charge in [-0.25, -0.2) is 9.97 Å². The number of nitrogens with zero attached hydrogens (tertiary/aromatic N) is 8. The summed E-state index contributed by atoms with van der Waals surface area (Å²) in [5.74, 6) is -0.731. The van der Waals surface area contributed by atoms with E-state index in [0.717, 1.165) is 0 Å². The van der Waals surface area contributed by atoms with Crippen LogP contribution in [0.1, 0.15) is 21.0 Å². The first kappa shape index (κ1) is 20.2. The fraction of sp³-hybridized carbons (Fsp3) is 0.333. The first-order valence-electron chi connectivity index (χ1n) is 7.06. The van der Waals surface area contributed by atoms with Crippen molar-refractivity contribution in [1.29, 1.82) is 0 Å². The topological polar surface area (TPSA) is 199 Å². The van der Waals surface area contributed by atoms with Crippen molar-refractivity contribution < 1.29 is 9.59 Å². The van der Waals surface area contributed by atoms with Crippen molar-refractivity contribution in [3.63, 3.8) is 0 Å². The molecule has 0 radical (unpaired) electrons. The normalized spacial score (nSPS) is 10.6. The average molecular weight is 364 g/mol. The number of rotatable bonds is 6. The van der Waals surface area contributed by atoms with Gasteiger partial charge in [-0.15, -0.1) is 10.2 Å². The Kier molecular flexibility index (Phi) is 7.35. The third-order valence-corrected chi connectivity index (χ3v) is 2.35. The molecule has 2 aromatic rings. The molecule has 0 fully saturated rings. The van der Waals surface area contributed by atoms with Crippen LogP contribution < -0.4 is 11.5 Å². The monoisotopic (exact) mass is 364 g/mol. The molecule has 6 N–H and O–H groups in total. The highest BCUT2D eigenvalue weighted by Gasteiger charge is 2.10. The Morgan fingerprint density at radius 1 is 0.846 bits per heavy atom. The van der Waals surface area contributed by atoms with Gasteiger partial charge in [0.2, 0.25) is 0 Å². The van der Waals surface area contributed by atoms with Crippen LogP contribution in [0, 0.1) is 0 Å². The van der Waals surface area contributed by atoms with Gasteiger partial charge in [0.15, 0.2) is 23.0 Å². The molecule has 0 bridgehead atoms. The van der Waals surface area contributed by atoms with Gasteiger partial charge >= 0.3 is 0 Å². The number of hydrogen-bond donors (Lipinski definition) is 4. The van der Waals surface area contributed by atoms with Gasteiger partial charge in [0.1, 0.15) is 0 Å². The summed E-state index contributed by atoms with van der Waals surface area (Å²) >= 11 is 0. The van der Waals surface area contributed by atoms with Crippen LogP contribution in [0.15, 0.2) is 33.3 Å². The maximum atomic E-state index is 10.8. The zero-order chi connectivity index (χ0) is 19.7. The number of nitrogens with one attached hydrogen (secondary N) is 2. The minimum absolute atomic E-state index is 0.0885. The minimum atomic E-state index is -0.631. The maximum Gasteiger partial charge on any atom is 0.271 e. The van der Waals surface area contributed by atoms with E-state index < -0.39 is 11.8 Å². The summed E-state index contributed by atoms with van der Waals surface area (Å²) < 4.78 is 0. The summed E-state index contributed by atoms with van der Waals surface area (Å²) in [6.07, 6.45) is 2.67. The largest absolute Gasteiger partial charge is 0.364 e. The van der Waals surface area contributed by atoms with Crippen molar-refractivity contribution >= 4 is 23.5 Å². The molecule has 0 aliphatic rings. The van der Waals surface area contributed by atoms with Crippen LogP contribution in [0.4, 0.5) is 11.6 Å². The van der Waals surface area contributed by atoms with E-state index in [4.69, 9.17) is 11.5 Å². The Hall–Kier alpha value is -3.84. The lowest BCUT2D eigenvalue weighted by Gasteiger charge is -1.99. The number of aromatic nitrogens is 4. The molecule has 2 amide bonds. The summed E-state index contributed by atoms with van der Waals surface area (Å²) in [5, 5.41) is 17.8. The molecule has 0 unspecified atom stereocenters. The van der Waals surface area contributed by atoms with E-state index in [-0.39, 0.29) is 23.0 Å². The molecule has 0 saturated heterocycles. The fourth-order valence-corrected chi connectivity index (χ4v) is 1.36. The first-order chi connectivity index (χ1) is 12.2. The summed E-state index contributed by atoms with van der Waals surface area (Å²) in [4.78, 5) is 34.2. The molecule has 0 aliphatic heterocycles. The first-order valence-corrected chi connectivity index (χ1v) is 7.06. The lowest BCUT2D eigenvalue weighted by molar-refractivity contribution is 0.0988. The van der Waals surface area contributed by atoms with Crippen LogP contribution in [-0.4, -0.2) is 70.0 Å². The van der Waals surface area contributed by atoms with Crippen molar-refractivity contribution in [3.05, 3.63) is 24.0 Å². The average Bonchev–Trinajstić information content (AvgIpc) is 3.20. The number of primary amides is 2. The molecule has 0 saturated carbocycles. The van der Waals surface area contributed by atoms with Crippen molar-refractivity contribution in [3.8, 4) is 0 Å². The summed E-state index contributed by atoms with van der Waals surface area (Å²) in [6.45, 7) is 0. The molecule has 14 nitrogen and oxygen atoms in total. The number of aromatic amines is 2. The molecule has 140 valence electrons. The standard InChI is InChI=1S/2C6H10N6O/c2*1-12(2)11-10-6-4(5(7)13)8-3-9-6/h2*3H,1-2H3,(H2,7,13)(H,8,9)/b2*11-10+. The molecule has 0 atom stereocenters. The Bertz CT molecular complexity index is 721. The molecular weight excluding hydrogens is 344 g/mol. The highest BCUT2D eigenvalue weighted by Crippen LogP contribution is 2.13. The Morgan fingerprint density at radius 2 is 1.19 bits per heavy atom. The molecule has 26 heavy (non-hydrogen) atoms. The van der Waals surface area contributed by atoms with Gasteiger partial charge in [0.05, 0.1) is 12.7 Å². The Morgan fingerprint density at radius 3 is 1.46 bits per heavy atom. The second-order valence-corrected chi connectivity index (χ2v) is 5.00. The fourth-order valence-electron chi connectivity index (χ4n) is 1.36. The SMILES string of the molecule is CN(C)/N=N/c1[nH]cnc1C(N)=O.CN(C)/N=N/c1[nH]cnc1C(N)=O. The second-order valence-electron chi connectivity index (χ2n) is 5.00. The van der Waals surface area contributed by atoms with Crippen LogP contribution in [0.25, 0.3) is 0 Å². The zero-order valence-corrected chi connectivity index (χ0v) is 14.7.